The second-order valence-electron chi connectivity index (χ2n) is 6.80. The molecular weight excluding hydrogens is 373 g/mol. The molecule has 1 aromatic heterocycles. The average molecular weight is 398 g/mol. The first-order valence-electron chi connectivity index (χ1n) is 8.73. The van der Waals surface area contributed by atoms with Crippen LogP contribution < -0.4 is 10.6 Å². The average Bonchev–Trinajstić information content (AvgIpc) is 3.09. The highest BCUT2D eigenvalue weighted by atomic mass is 35.5. The molecule has 0 unspecified atom stereocenters. The maximum Gasteiger partial charge on any atom is 0.273 e. The number of nitrogens with zero attached hydrogens (tertiary/aromatic N) is 3. The van der Waals surface area contributed by atoms with Gasteiger partial charge >= 0.3 is 0 Å². The number of hydrogen-bond donors (Lipinski definition) is 2. The van der Waals surface area contributed by atoms with E-state index in [1.54, 1.807) is 25.4 Å². The number of halogens is 2. The van der Waals surface area contributed by atoms with Crippen LogP contribution in [0.15, 0.2) is 30.5 Å². The van der Waals surface area contributed by atoms with Crippen LogP contribution in [-0.2, 0) is 11.3 Å². The third-order valence-corrected chi connectivity index (χ3v) is 4.74. The molecule has 9 heteroatoms. The van der Waals surface area contributed by atoms with Gasteiger partial charge in [0.2, 0.25) is 0 Å². The molecule has 0 bridgehead atoms. The number of carbonyl (C=O) groups excluding carboxylic acids is 1. The second kappa shape index (κ2) is 9.77. The fourth-order valence-electron chi connectivity index (χ4n) is 3.30. The van der Waals surface area contributed by atoms with E-state index < -0.39 is 0 Å². The summed E-state index contributed by atoms with van der Waals surface area (Å²) in [5.41, 5.74) is 0.964. The van der Waals surface area contributed by atoms with Crippen molar-refractivity contribution in [1.29, 1.82) is 0 Å². The van der Waals surface area contributed by atoms with Gasteiger partial charge in [-0.15, -0.1) is 17.5 Å². The Morgan fingerprint density at radius 2 is 2.19 bits per heavy atom. The van der Waals surface area contributed by atoms with E-state index in [1.807, 2.05) is 0 Å². The summed E-state index contributed by atoms with van der Waals surface area (Å²) in [7, 11) is 1.68. The number of aromatic nitrogens is 3. The Balaban J connectivity index is 0.00000261. The molecule has 2 N–H and O–H groups in total. The number of nitrogens with one attached hydrogen (secondary N) is 2. The topological polar surface area (TPSA) is 81.1 Å². The van der Waals surface area contributed by atoms with Gasteiger partial charge in [-0.25, -0.2) is 9.07 Å². The van der Waals surface area contributed by atoms with Crippen molar-refractivity contribution >= 4 is 18.3 Å². The van der Waals surface area contributed by atoms with Crippen molar-refractivity contribution in [2.75, 3.05) is 33.4 Å². The van der Waals surface area contributed by atoms with E-state index in [4.69, 9.17) is 4.74 Å². The lowest BCUT2D eigenvalue weighted by Gasteiger charge is -2.37. The largest absolute Gasteiger partial charge is 0.384 e. The van der Waals surface area contributed by atoms with E-state index in [9.17, 15) is 9.18 Å². The summed E-state index contributed by atoms with van der Waals surface area (Å²) >= 11 is 0. The van der Waals surface area contributed by atoms with Crippen molar-refractivity contribution in [1.82, 2.24) is 25.6 Å². The van der Waals surface area contributed by atoms with Gasteiger partial charge in [-0.1, -0.05) is 17.3 Å². The number of carbonyl (C=O) groups is 1. The van der Waals surface area contributed by atoms with E-state index in [1.165, 1.54) is 16.8 Å². The van der Waals surface area contributed by atoms with Crippen LogP contribution >= 0.6 is 12.4 Å². The summed E-state index contributed by atoms with van der Waals surface area (Å²) in [6, 6.07) is 6.27. The van der Waals surface area contributed by atoms with Crippen molar-refractivity contribution in [2.45, 2.75) is 19.4 Å². The van der Waals surface area contributed by atoms with Crippen LogP contribution in [0.5, 0.6) is 0 Å². The van der Waals surface area contributed by atoms with Crippen LogP contribution in [0.4, 0.5) is 4.39 Å². The van der Waals surface area contributed by atoms with Crippen LogP contribution in [0.3, 0.4) is 0 Å². The zero-order chi connectivity index (χ0) is 18.4. The Hall–Kier alpha value is -2.03. The molecule has 27 heavy (non-hydrogen) atoms. The molecule has 2 aromatic rings. The lowest BCUT2D eigenvalue weighted by Crippen LogP contribution is -2.47. The molecule has 0 atom stereocenters. The zero-order valence-electron chi connectivity index (χ0n) is 15.3. The lowest BCUT2D eigenvalue weighted by molar-refractivity contribution is 0.0510. The standard InChI is InChI=1S/C18H24FN5O2.ClH/c1-26-13-18(5-7-20-8-6-18)12-21-17(25)16-11-24(23-22-16)10-14-3-2-4-15(19)9-14;/h2-4,9,11,20H,5-8,10,12-13H2,1H3,(H,21,25);1H. The maximum absolute atomic E-state index is 13.3. The molecule has 1 saturated heterocycles. The summed E-state index contributed by atoms with van der Waals surface area (Å²) in [5, 5.41) is 14.2. The molecule has 1 aliphatic heterocycles. The molecule has 0 saturated carbocycles. The summed E-state index contributed by atoms with van der Waals surface area (Å²) < 4.78 is 20.1. The molecule has 148 valence electrons. The number of amides is 1. The van der Waals surface area contributed by atoms with Gasteiger partial charge in [-0.3, -0.25) is 4.79 Å². The van der Waals surface area contributed by atoms with Gasteiger partial charge in [0, 0.05) is 19.1 Å². The molecule has 0 spiro atoms. The Labute approximate surface area is 164 Å². The number of benzene rings is 1. The zero-order valence-corrected chi connectivity index (χ0v) is 16.1. The molecule has 1 fully saturated rings. The minimum absolute atomic E-state index is 0. The molecule has 0 aliphatic carbocycles. The smallest absolute Gasteiger partial charge is 0.273 e. The van der Waals surface area contributed by atoms with Crippen LogP contribution in [0, 0.1) is 11.2 Å². The van der Waals surface area contributed by atoms with Gasteiger partial charge in [0.15, 0.2) is 5.69 Å². The summed E-state index contributed by atoms with van der Waals surface area (Å²) in [6.07, 6.45) is 3.48. The highest BCUT2D eigenvalue weighted by molar-refractivity contribution is 5.91. The first-order valence-corrected chi connectivity index (χ1v) is 8.73. The van der Waals surface area contributed by atoms with Crippen molar-refractivity contribution in [2.24, 2.45) is 5.41 Å². The van der Waals surface area contributed by atoms with Crippen molar-refractivity contribution in [3.05, 3.63) is 47.5 Å². The lowest BCUT2D eigenvalue weighted by atomic mass is 9.79. The molecule has 1 amide bonds. The molecule has 7 nitrogen and oxygen atoms in total. The Morgan fingerprint density at radius 3 is 2.89 bits per heavy atom. The first kappa shape index (κ1) is 21.3. The molecular formula is C18H25ClFN5O2. The van der Waals surface area contributed by atoms with Crippen LogP contribution in [0.25, 0.3) is 0 Å². The van der Waals surface area contributed by atoms with Gasteiger partial charge in [-0.2, -0.15) is 0 Å². The molecule has 2 heterocycles. The Bertz CT molecular complexity index is 743. The van der Waals surface area contributed by atoms with E-state index in [2.05, 4.69) is 20.9 Å². The van der Waals surface area contributed by atoms with Crippen molar-refractivity contribution in [3.63, 3.8) is 0 Å². The number of hydrogen-bond acceptors (Lipinski definition) is 5. The van der Waals surface area contributed by atoms with Gasteiger partial charge in [0.1, 0.15) is 5.82 Å². The monoisotopic (exact) mass is 397 g/mol. The first-order chi connectivity index (χ1) is 12.6. The summed E-state index contributed by atoms with van der Waals surface area (Å²) in [5.74, 6) is -0.560. The van der Waals surface area contributed by atoms with Crippen LogP contribution in [-0.4, -0.2) is 54.3 Å². The van der Waals surface area contributed by atoms with Gasteiger partial charge in [0.25, 0.3) is 5.91 Å². The second-order valence-corrected chi connectivity index (χ2v) is 6.80. The molecule has 1 aromatic carbocycles. The minimum Gasteiger partial charge on any atom is -0.384 e. The fourth-order valence-corrected chi connectivity index (χ4v) is 3.30. The molecule has 1 aliphatic rings. The Morgan fingerprint density at radius 1 is 1.41 bits per heavy atom. The molecule has 0 radical (unpaired) electrons. The van der Waals surface area contributed by atoms with E-state index in [-0.39, 0.29) is 35.2 Å². The predicted octanol–water partition coefficient (Wildman–Crippen LogP) is 1.63. The van der Waals surface area contributed by atoms with Gasteiger partial charge < -0.3 is 15.4 Å². The highest BCUT2D eigenvalue weighted by Crippen LogP contribution is 2.28. The number of methoxy groups -OCH3 is 1. The quantitative estimate of drug-likeness (QED) is 0.742. The summed E-state index contributed by atoms with van der Waals surface area (Å²) in [4.78, 5) is 12.4. The maximum atomic E-state index is 13.3. The highest BCUT2D eigenvalue weighted by Gasteiger charge is 2.32. The number of rotatable bonds is 7. The SMILES string of the molecule is COCC1(CNC(=O)c2cn(Cc3cccc(F)c3)nn2)CCNCC1.Cl. The van der Waals surface area contributed by atoms with E-state index in [0.29, 0.717) is 19.7 Å². The molecule has 3 rings (SSSR count). The van der Waals surface area contributed by atoms with Crippen molar-refractivity contribution in [3.8, 4) is 0 Å². The van der Waals surface area contributed by atoms with Crippen LogP contribution in [0.2, 0.25) is 0 Å². The minimum atomic E-state index is -0.300. The van der Waals surface area contributed by atoms with Crippen LogP contribution in [0.1, 0.15) is 28.9 Å². The van der Waals surface area contributed by atoms with Gasteiger partial charge in [0.05, 0.1) is 19.3 Å². The fraction of sp³-hybridized carbons (Fsp3) is 0.500. The Kier molecular flexibility index (Phi) is 7.70. The van der Waals surface area contributed by atoms with Crippen molar-refractivity contribution < 1.29 is 13.9 Å². The van der Waals surface area contributed by atoms with E-state index >= 15 is 0 Å². The number of piperidine rings is 1. The third-order valence-electron chi connectivity index (χ3n) is 4.74. The predicted molar refractivity (Wildman–Crippen MR) is 102 cm³/mol. The third kappa shape index (κ3) is 5.72. The summed E-state index contributed by atoms with van der Waals surface area (Å²) in [6.45, 7) is 3.35. The normalized spacial score (nSPS) is 15.8. The van der Waals surface area contributed by atoms with Gasteiger partial charge in [-0.05, 0) is 43.6 Å². The number of ether oxygens (including phenoxy) is 1. The van der Waals surface area contributed by atoms with E-state index in [0.717, 1.165) is 31.5 Å².